The van der Waals surface area contributed by atoms with Crippen LogP contribution < -0.4 is 10.2 Å². The van der Waals surface area contributed by atoms with Crippen molar-refractivity contribution in [2.24, 2.45) is 0 Å². The van der Waals surface area contributed by atoms with Crippen LogP contribution in [-0.4, -0.2) is 18.9 Å². The maximum Gasteiger partial charge on any atom is 0.291 e. The SMILES string of the molecule is Cc1cc(NC(=O)c2ccco2)cc2c1N(C)C(=O)C2(C)C. The zero-order chi connectivity index (χ0) is 16.1. The van der Waals surface area contributed by atoms with Crippen molar-refractivity contribution in [3.05, 3.63) is 47.4 Å². The van der Waals surface area contributed by atoms with Crippen molar-refractivity contribution in [2.45, 2.75) is 26.2 Å². The zero-order valence-electron chi connectivity index (χ0n) is 13.1. The Morgan fingerprint density at radius 2 is 2.05 bits per heavy atom. The number of anilines is 2. The van der Waals surface area contributed by atoms with Gasteiger partial charge in [-0.2, -0.15) is 0 Å². The summed E-state index contributed by atoms with van der Waals surface area (Å²) in [6.07, 6.45) is 1.46. The Hall–Kier alpha value is -2.56. The molecule has 1 aliphatic rings. The molecule has 3 rings (SSSR count). The smallest absolute Gasteiger partial charge is 0.291 e. The lowest BCUT2D eigenvalue weighted by molar-refractivity contribution is -0.121. The first-order valence-electron chi connectivity index (χ1n) is 7.10. The normalized spacial score (nSPS) is 15.8. The number of hydrogen-bond donors (Lipinski definition) is 1. The van der Waals surface area contributed by atoms with Crippen LogP contribution >= 0.6 is 0 Å². The van der Waals surface area contributed by atoms with Gasteiger partial charge in [-0.1, -0.05) is 0 Å². The lowest BCUT2D eigenvalue weighted by Gasteiger charge is -2.17. The van der Waals surface area contributed by atoms with Gasteiger partial charge in [0.25, 0.3) is 5.91 Å². The number of carbonyl (C=O) groups is 2. The fourth-order valence-electron chi connectivity index (χ4n) is 3.01. The monoisotopic (exact) mass is 298 g/mol. The Kier molecular flexibility index (Phi) is 3.09. The van der Waals surface area contributed by atoms with Crippen molar-refractivity contribution in [2.75, 3.05) is 17.3 Å². The molecular formula is C17H18N2O3. The summed E-state index contributed by atoms with van der Waals surface area (Å²) in [5.41, 5.74) is 2.86. The average molecular weight is 298 g/mol. The van der Waals surface area contributed by atoms with E-state index in [-0.39, 0.29) is 17.6 Å². The summed E-state index contributed by atoms with van der Waals surface area (Å²) >= 11 is 0. The van der Waals surface area contributed by atoms with E-state index < -0.39 is 5.41 Å². The number of furan rings is 1. The largest absolute Gasteiger partial charge is 0.459 e. The molecule has 2 amide bonds. The maximum atomic E-state index is 12.4. The molecule has 1 aliphatic heterocycles. The Labute approximate surface area is 128 Å². The molecule has 1 aromatic heterocycles. The van der Waals surface area contributed by atoms with Crippen LogP contribution in [0.25, 0.3) is 0 Å². The molecule has 0 bridgehead atoms. The molecule has 22 heavy (non-hydrogen) atoms. The number of rotatable bonds is 2. The summed E-state index contributed by atoms with van der Waals surface area (Å²) in [7, 11) is 1.78. The molecule has 0 unspecified atom stereocenters. The van der Waals surface area contributed by atoms with Crippen LogP contribution in [0.4, 0.5) is 11.4 Å². The summed E-state index contributed by atoms with van der Waals surface area (Å²) in [4.78, 5) is 26.2. The molecule has 0 fully saturated rings. The van der Waals surface area contributed by atoms with E-state index >= 15 is 0 Å². The van der Waals surface area contributed by atoms with Gasteiger partial charge in [-0.05, 0) is 56.2 Å². The van der Waals surface area contributed by atoms with E-state index in [1.165, 1.54) is 6.26 Å². The molecule has 1 N–H and O–H groups in total. The van der Waals surface area contributed by atoms with Crippen LogP contribution in [0.2, 0.25) is 0 Å². The third-order valence-corrected chi connectivity index (χ3v) is 4.15. The van der Waals surface area contributed by atoms with Gasteiger partial charge < -0.3 is 14.6 Å². The van der Waals surface area contributed by atoms with Gasteiger partial charge in [-0.3, -0.25) is 9.59 Å². The second kappa shape index (κ2) is 4.73. The van der Waals surface area contributed by atoms with E-state index in [4.69, 9.17) is 4.42 Å². The molecule has 1 aromatic carbocycles. The maximum absolute atomic E-state index is 12.4. The highest BCUT2D eigenvalue weighted by molar-refractivity contribution is 6.09. The lowest BCUT2D eigenvalue weighted by Crippen LogP contribution is -2.33. The zero-order valence-corrected chi connectivity index (χ0v) is 13.1. The number of benzene rings is 1. The summed E-state index contributed by atoms with van der Waals surface area (Å²) in [5, 5.41) is 2.82. The van der Waals surface area contributed by atoms with Gasteiger partial charge in [0, 0.05) is 12.7 Å². The molecule has 0 aliphatic carbocycles. The number of hydrogen-bond acceptors (Lipinski definition) is 3. The van der Waals surface area contributed by atoms with Gasteiger partial charge in [0.15, 0.2) is 5.76 Å². The molecule has 5 nitrogen and oxygen atoms in total. The third kappa shape index (κ3) is 2.01. The number of amides is 2. The molecule has 0 saturated carbocycles. The van der Waals surface area contributed by atoms with E-state index in [9.17, 15) is 9.59 Å². The van der Waals surface area contributed by atoms with E-state index in [0.29, 0.717) is 5.69 Å². The highest BCUT2D eigenvalue weighted by atomic mass is 16.3. The fourth-order valence-corrected chi connectivity index (χ4v) is 3.01. The highest BCUT2D eigenvalue weighted by Crippen LogP contribution is 2.44. The number of fused-ring (bicyclic) bond motifs is 1. The summed E-state index contributed by atoms with van der Waals surface area (Å²) < 4.78 is 5.09. The van der Waals surface area contributed by atoms with Crippen LogP contribution in [0.3, 0.4) is 0 Å². The van der Waals surface area contributed by atoms with Gasteiger partial charge in [-0.15, -0.1) is 0 Å². The Morgan fingerprint density at radius 3 is 2.68 bits per heavy atom. The minimum atomic E-state index is -0.597. The first-order valence-corrected chi connectivity index (χ1v) is 7.10. The van der Waals surface area contributed by atoms with E-state index in [2.05, 4.69) is 5.32 Å². The van der Waals surface area contributed by atoms with Crippen LogP contribution in [0, 0.1) is 6.92 Å². The van der Waals surface area contributed by atoms with Crippen LogP contribution in [0.15, 0.2) is 34.9 Å². The Bertz CT molecular complexity index is 760. The second-order valence-corrected chi connectivity index (χ2v) is 6.11. The van der Waals surface area contributed by atoms with Crippen LogP contribution in [-0.2, 0) is 10.2 Å². The van der Waals surface area contributed by atoms with E-state index in [1.54, 1.807) is 24.1 Å². The Balaban J connectivity index is 2.00. The van der Waals surface area contributed by atoms with Gasteiger partial charge in [0.2, 0.25) is 5.91 Å². The van der Waals surface area contributed by atoms with Crippen LogP contribution in [0.5, 0.6) is 0 Å². The molecule has 5 heteroatoms. The third-order valence-electron chi connectivity index (χ3n) is 4.15. The van der Waals surface area contributed by atoms with Crippen molar-refractivity contribution in [3.8, 4) is 0 Å². The number of likely N-dealkylation sites (N-methyl/N-ethyl adjacent to an activating group) is 1. The quantitative estimate of drug-likeness (QED) is 0.926. The topological polar surface area (TPSA) is 62.6 Å². The number of aryl methyl sites for hydroxylation is 1. The molecule has 2 heterocycles. The van der Waals surface area contributed by atoms with Crippen molar-refractivity contribution in [1.29, 1.82) is 0 Å². The van der Waals surface area contributed by atoms with Crippen molar-refractivity contribution < 1.29 is 14.0 Å². The first kappa shape index (κ1) is 14.4. The summed E-state index contributed by atoms with van der Waals surface area (Å²) in [6, 6.07) is 7.01. The van der Waals surface area contributed by atoms with Crippen molar-refractivity contribution >= 4 is 23.2 Å². The minimum Gasteiger partial charge on any atom is -0.459 e. The lowest BCUT2D eigenvalue weighted by atomic mass is 9.85. The number of carbonyl (C=O) groups excluding carboxylic acids is 2. The van der Waals surface area contributed by atoms with Gasteiger partial charge >= 0.3 is 0 Å². The molecule has 0 spiro atoms. The van der Waals surface area contributed by atoms with Gasteiger partial charge in [0.05, 0.1) is 17.4 Å². The fraction of sp³-hybridized carbons (Fsp3) is 0.294. The molecule has 2 aromatic rings. The molecular weight excluding hydrogens is 280 g/mol. The second-order valence-electron chi connectivity index (χ2n) is 6.11. The first-order chi connectivity index (χ1) is 10.3. The minimum absolute atomic E-state index is 0.0557. The van der Waals surface area contributed by atoms with E-state index in [1.807, 2.05) is 32.9 Å². The van der Waals surface area contributed by atoms with Crippen molar-refractivity contribution in [3.63, 3.8) is 0 Å². The highest BCUT2D eigenvalue weighted by Gasteiger charge is 2.43. The molecule has 114 valence electrons. The average Bonchev–Trinajstić information content (AvgIpc) is 3.03. The van der Waals surface area contributed by atoms with Crippen LogP contribution in [0.1, 0.15) is 35.5 Å². The van der Waals surface area contributed by atoms with Gasteiger partial charge in [-0.25, -0.2) is 0 Å². The molecule has 0 radical (unpaired) electrons. The summed E-state index contributed by atoms with van der Waals surface area (Å²) in [5.74, 6) is 0.00514. The molecule has 0 atom stereocenters. The summed E-state index contributed by atoms with van der Waals surface area (Å²) in [6.45, 7) is 5.73. The van der Waals surface area contributed by atoms with Gasteiger partial charge in [0.1, 0.15) is 0 Å². The predicted octanol–water partition coefficient (Wildman–Crippen LogP) is 3.09. The van der Waals surface area contributed by atoms with E-state index in [0.717, 1.165) is 16.8 Å². The number of nitrogens with one attached hydrogen (secondary N) is 1. The van der Waals surface area contributed by atoms with Crippen molar-refractivity contribution in [1.82, 2.24) is 0 Å². The number of nitrogens with zero attached hydrogens (tertiary/aromatic N) is 1. The molecule has 0 saturated heterocycles. The Morgan fingerprint density at radius 1 is 1.32 bits per heavy atom. The standard InChI is InChI=1S/C17H18N2O3/c1-10-8-11(18-15(20)13-6-5-7-22-13)9-12-14(10)19(4)16(21)17(12,2)3/h5-9H,1-4H3,(H,18,20). The predicted molar refractivity (Wildman–Crippen MR) is 84.3 cm³/mol.